The smallest absolute Gasteiger partial charge is 0.279 e. The molecule has 0 unspecified atom stereocenters. The molecule has 2 aromatic rings. The average Bonchev–Trinajstić information content (AvgIpc) is 2.87. The summed E-state index contributed by atoms with van der Waals surface area (Å²) in [5, 5.41) is 6.47. The Bertz CT molecular complexity index is 614. The van der Waals surface area contributed by atoms with Crippen LogP contribution in [0.2, 0.25) is 0 Å². The molecule has 2 rings (SSSR count). The van der Waals surface area contributed by atoms with Gasteiger partial charge in [-0.2, -0.15) is 0 Å². The minimum absolute atomic E-state index is 0.168. The fraction of sp³-hybridized carbons (Fsp3) is 0.357. The highest BCUT2D eigenvalue weighted by molar-refractivity contribution is 6.04. The van der Waals surface area contributed by atoms with Crippen LogP contribution >= 0.6 is 0 Å². The molecular weight excluding hydrogens is 258 g/mol. The Hall–Kier alpha value is -2.37. The third-order valence-electron chi connectivity index (χ3n) is 2.70. The van der Waals surface area contributed by atoms with Gasteiger partial charge in [-0.1, -0.05) is 25.9 Å². The van der Waals surface area contributed by atoms with Crippen LogP contribution in [0.3, 0.4) is 0 Å². The molecule has 6 nitrogen and oxygen atoms in total. The first-order chi connectivity index (χ1) is 9.41. The summed E-state index contributed by atoms with van der Waals surface area (Å²) < 4.78 is 10.3. The summed E-state index contributed by atoms with van der Waals surface area (Å²) in [7, 11) is 1.49. The predicted octanol–water partition coefficient (Wildman–Crippen LogP) is 2.63. The van der Waals surface area contributed by atoms with E-state index in [1.54, 1.807) is 18.2 Å². The van der Waals surface area contributed by atoms with Gasteiger partial charge in [-0.25, -0.2) is 4.98 Å². The highest BCUT2D eigenvalue weighted by atomic mass is 16.5. The largest absolute Gasteiger partial charge is 0.494 e. The normalized spacial score (nSPS) is 11.2. The Morgan fingerprint density at radius 2 is 2.15 bits per heavy atom. The number of hydrogen-bond donors (Lipinski definition) is 1. The highest BCUT2D eigenvalue weighted by Gasteiger charge is 2.21. The van der Waals surface area contributed by atoms with Crippen LogP contribution in [0.1, 0.15) is 37.0 Å². The Balaban J connectivity index is 2.18. The number of nitrogens with one attached hydrogen (secondary N) is 1. The lowest BCUT2D eigenvalue weighted by Gasteiger charge is -2.12. The maximum Gasteiger partial charge on any atom is 0.279 e. The summed E-state index contributed by atoms with van der Waals surface area (Å²) in [6.07, 6.45) is 1.53. The van der Waals surface area contributed by atoms with E-state index in [1.807, 2.05) is 20.8 Å². The van der Waals surface area contributed by atoms with Crippen LogP contribution in [0.5, 0.6) is 5.75 Å². The van der Waals surface area contributed by atoms with Crippen molar-refractivity contribution in [3.63, 3.8) is 0 Å². The number of pyridine rings is 1. The number of carbonyl (C=O) groups excluding carboxylic acids is 1. The average molecular weight is 275 g/mol. The van der Waals surface area contributed by atoms with Gasteiger partial charge < -0.3 is 14.6 Å². The van der Waals surface area contributed by atoms with Crippen LogP contribution in [0.15, 0.2) is 28.9 Å². The van der Waals surface area contributed by atoms with Crippen LogP contribution in [0, 0.1) is 0 Å². The number of rotatable bonds is 3. The number of carbonyl (C=O) groups is 1. The lowest BCUT2D eigenvalue weighted by molar-refractivity contribution is 0.101. The number of aromatic nitrogens is 2. The third kappa shape index (κ3) is 2.96. The molecule has 0 aliphatic carbocycles. The number of nitrogens with zero attached hydrogens (tertiary/aromatic N) is 2. The molecule has 2 aromatic heterocycles. The Morgan fingerprint density at radius 3 is 2.75 bits per heavy atom. The molecule has 1 amide bonds. The molecule has 1 N–H and O–H groups in total. The summed E-state index contributed by atoms with van der Waals surface area (Å²) in [6.45, 7) is 6.00. The van der Waals surface area contributed by atoms with E-state index in [0.29, 0.717) is 17.3 Å². The molecule has 0 radical (unpaired) electrons. The highest BCUT2D eigenvalue weighted by Crippen LogP contribution is 2.25. The van der Waals surface area contributed by atoms with Crippen molar-refractivity contribution in [1.29, 1.82) is 0 Å². The topological polar surface area (TPSA) is 77.2 Å². The van der Waals surface area contributed by atoms with Gasteiger partial charge in [-0.3, -0.25) is 4.79 Å². The van der Waals surface area contributed by atoms with E-state index >= 15 is 0 Å². The van der Waals surface area contributed by atoms with Gasteiger partial charge in [0.1, 0.15) is 11.5 Å². The monoisotopic (exact) mass is 275 g/mol. The molecule has 0 bridgehead atoms. The first-order valence-corrected chi connectivity index (χ1v) is 6.19. The van der Waals surface area contributed by atoms with Crippen molar-refractivity contribution in [2.45, 2.75) is 26.2 Å². The zero-order chi connectivity index (χ0) is 14.8. The van der Waals surface area contributed by atoms with Crippen LogP contribution in [0.25, 0.3) is 0 Å². The molecule has 0 saturated heterocycles. The van der Waals surface area contributed by atoms with E-state index in [0.717, 1.165) is 0 Å². The number of amides is 1. The van der Waals surface area contributed by atoms with Gasteiger partial charge in [-0.15, -0.1) is 0 Å². The number of methoxy groups -OCH3 is 1. The number of anilines is 1. The van der Waals surface area contributed by atoms with Gasteiger partial charge in [0.2, 0.25) is 0 Å². The quantitative estimate of drug-likeness (QED) is 0.931. The second-order valence-electron chi connectivity index (χ2n) is 5.33. The van der Waals surface area contributed by atoms with Gasteiger partial charge in [-0.05, 0) is 12.1 Å². The second kappa shape index (κ2) is 5.32. The van der Waals surface area contributed by atoms with Crippen molar-refractivity contribution in [2.24, 2.45) is 0 Å². The van der Waals surface area contributed by atoms with Gasteiger partial charge in [0.05, 0.1) is 7.11 Å². The predicted molar refractivity (Wildman–Crippen MR) is 73.9 cm³/mol. The third-order valence-corrected chi connectivity index (χ3v) is 2.70. The molecule has 0 saturated carbocycles. The van der Waals surface area contributed by atoms with E-state index in [-0.39, 0.29) is 11.1 Å². The van der Waals surface area contributed by atoms with Crippen LogP contribution in [-0.4, -0.2) is 23.2 Å². The zero-order valence-corrected chi connectivity index (χ0v) is 11.9. The lowest BCUT2D eigenvalue weighted by atomic mass is 9.93. The lowest BCUT2D eigenvalue weighted by Crippen LogP contribution is -2.15. The SMILES string of the molecule is COc1cccnc1C(=O)Nc1cc(C(C)(C)C)on1. The van der Waals surface area contributed by atoms with E-state index in [2.05, 4.69) is 15.5 Å². The van der Waals surface area contributed by atoms with Gasteiger partial charge in [0.15, 0.2) is 11.5 Å². The van der Waals surface area contributed by atoms with Crippen molar-refractivity contribution in [3.05, 3.63) is 35.9 Å². The molecular formula is C14H17N3O3. The van der Waals surface area contributed by atoms with Gasteiger partial charge in [0.25, 0.3) is 5.91 Å². The molecule has 0 aromatic carbocycles. The van der Waals surface area contributed by atoms with Gasteiger partial charge >= 0.3 is 0 Å². The van der Waals surface area contributed by atoms with Gasteiger partial charge in [0, 0.05) is 17.7 Å². The van der Waals surface area contributed by atoms with E-state index in [1.165, 1.54) is 13.3 Å². The maximum atomic E-state index is 12.1. The fourth-order valence-electron chi connectivity index (χ4n) is 1.59. The number of ether oxygens (including phenoxy) is 1. The molecule has 106 valence electrons. The molecule has 0 spiro atoms. The van der Waals surface area contributed by atoms with Crippen molar-refractivity contribution in [2.75, 3.05) is 12.4 Å². The fourth-order valence-corrected chi connectivity index (χ4v) is 1.59. The van der Waals surface area contributed by atoms with Crippen molar-refractivity contribution < 1.29 is 14.1 Å². The zero-order valence-electron chi connectivity index (χ0n) is 11.9. The van der Waals surface area contributed by atoms with E-state index in [4.69, 9.17) is 9.26 Å². The van der Waals surface area contributed by atoms with Crippen molar-refractivity contribution >= 4 is 11.7 Å². The Morgan fingerprint density at radius 1 is 1.40 bits per heavy atom. The summed E-state index contributed by atoms with van der Waals surface area (Å²) in [5.74, 6) is 1.06. The van der Waals surface area contributed by atoms with Crippen LogP contribution in [0.4, 0.5) is 5.82 Å². The minimum Gasteiger partial charge on any atom is -0.494 e. The number of hydrogen-bond acceptors (Lipinski definition) is 5. The second-order valence-corrected chi connectivity index (χ2v) is 5.33. The van der Waals surface area contributed by atoms with Crippen molar-refractivity contribution in [3.8, 4) is 5.75 Å². The summed E-state index contributed by atoms with van der Waals surface area (Å²) in [6, 6.07) is 5.07. The minimum atomic E-state index is -0.392. The van der Waals surface area contributed by atoms with Crippen molar-refractivity contribution in [1.82, 2.24) is 10.1 Å². The summed E-state index contributed by atoms with van der Waals surface area (Å²) in [4.78, 5) is 16.1. The standard InChI is InChI=1S/C14H17N3O3/c1-14(2,3)10-8-11(17-20-10)16-13(18)12-9(19-4)6-5-7-15-12/h5-8H,1-4H3,(H,16,17,18). The van der Waals surface area contributed by atoms with Crippen LogP contribution in [-0.2, 0) is 5.41 Å². The molecule has 20 heavy (non-hydrogen) atoms. The molecule has 2 heterocycles. The molecule has 0 fully saturated rings. The van der Waals surface area contributed by atoms with E-state index < -0.39 is 5.91 Å². The molecule has 0 aliphatic heterocycles. The summed E-state index contributed by atoms with van der Waals surface area (Å²) >= 11 is 0. The Labute approximate surface area is 117 Å². The molecule has 0 aliphatic rings. The van der Waals surface area contributed by atoms with Crippen LogP contribution < -0.4 is 10.1 Å². The maximum absolute atomic E-state index is 12.1. The first-order valence-electron chi connectivity index (χ1n) is 6.19. The molecule has 6 heteroatoms. The Kier molecular flexibility index (Phi) is 3.74. The first kappa shape index (κ1) is 14.0. The molecule has 0 atom stereocenters. The van der Waals surface area contributed by atoms with E-state index in [9.17, 15) is 4.79 Å². The summed E-state index contributed by atoms with van der Waals surface area (Å²) in [5.41, 5.74) is 0.0360.